The summed E-state index contributed by atoms with van der Waals surface area (Å²) in [6, 6.07) is 4.74. The zero-order chi connectivity index (χ0) is 13.2. The molecule has 0 amide bonds. The summed E-state index contributed by atoms with van der Waals surface area (Å²) in [5.74, 6) is 0. The van der Waals surface area contributed by atoms with Crippen LogP contribution in [0.15, 0.2) is 18.2 Å². The van der Waals surface area contributed by atoms with Crippen molar-refractivity contribution in [1.82, 2.24) is 0 Å². The van der Waals surface area contributed by atoms with Gasteiger partial charge in [-0.15, -0.1) is 0 Å². The van der Waals surface area contributed by atoms with Gasteiger partial charge in [0.15, 0.2) is 0 Å². The summed E-state index contributed by atoms with van der Waals surface area (Å²) in [5.41, 5.74) is 0.705. The van der Waals surface area contributed by atoms with E-state index < -0.39 is 10.5 Å². The molecule has 0 spiro atoms. The van der Waals surface area contributed by atoms with E-state index in [0.29, 0.717) is 17.9 Å². The van der Waals surface area contributed by atoms with Crippen LogP contribution in [0.3, 0.4) is 0 Å². The van der Waals surface area contributed by atoms with E-state index >= 15 is 0 Å². The zero-order valence-electron chi connectivity index (χ0n) is 10.3. The number of nitro benzene ring substituents is 1. The van der Waals surface area contributed by atoms with Gasteiger partial charge in [-0.2, -0.15) is 0 Å². The molecule has 1 saturated carbocycles. The number of nitrogens with one attached hydrogen (secondary N) is 2. The lowest BCUT2D eigenvalue weighted by molar-refractivity contribution is -0.384. The summed E-state index contributed by atoms with van der Waals surface area (Å²) in [6.07, 6.45) is 2.61. The normalized spacial score (nSPS) is 16.8. The molecule has 1 aromatic carbocycles. The lowest BCUT2D eigenvalue weighted by Crippen LogP contribution is -2.43. The van der Waals surface area contributed by atoms with Gasteiger partial charge in [0.25, 0.3) is 5.69 Å². The number of hydrogen-bond donors (Lipinski definition) is 3. The molecule has 1 fully saturated rings. The molecule has 0 atom stereocenters. The summed E-state index contributed by atoms with van der Waals surface area (Å²) in [4.78, 5) is 10.4. The fraction of sp³-hybridized carbons (Fsp3) is 0.500. The van der Waals surface area contributed by atoms with Crippen molar-refractivity contribution in [2.45, 2.75) is 24.9 Å². The Hall–Kier alpha value is -1.82. The van der Waals surface area contributed by atoms with Crippen LogP contribution < -0.4 is 10.6 Å². The Morgan fingerprint density at radius 3 is 2.56 bits per heavy atom. The Balaban J connectivity index is 2.11. The highest BCUT2D eigenvalue weighted by Gasteiger charge is 2.33. The van der Waals surface area contributed by atoms with Gasteiger partial charge in [-0.1, -0.05) is 0 Å². The summed E-state index contributed by atoms with van der Waals surface area (Å²) in [6.45, 7) is 0.428. The molecule has 3 N–H and O–H groups in total. The Bertz CT molecular complexity index is 458. The van der Waals surface area contributed by atoms with Crippen molar-refractivity contribution in [2.24, 2.45) is 0 Å². The molecule has 98 valence electrons. The number of aliphatic hydroxyl groups is 1. The number of nitro groups is 1. The van der Waals surface area contributed by atoms with Gasteiger partial charge >= 0.3 is 0 Å². The van der Waals surface area contributed by atoms with Crippen molar-refractivity contribution in [1.29, 1.82) is 0 Å². The molecule has 0 unspecified atom stereocenters. The van der Waals surface area contributed by atoms with Gasteiger partial charge in [-0.3, -0.25) is 10.1 Å². The Morgan fingerprint density at radius 1 is 1.39 bits per heavy atom. The highest BCUT2D eigenvalue weighted by molar-refractivity contribution is 5.63. The van der Waals surface area contributed by atoms with Crippen LogP contribution in [0.4, 0.5) is 17.1 Å². The summed E-state index contributed by atoms with van der Waals surface area (Å²) >= 11 is 0. The summed E-state index contributed by atoms with van der Waals surface area (Å²) in [7, 11) is 1.71. The lowest BCUT2D eigenvalue weighted by Gasteiger charge is -2.36. The molecule has 6 heteroatoms. The van der Waals surface area contributed by atoms with E-state index in [2.05, 4.69) is 10.6 Å². The van der Waals surface area contributed by atoms with Crippen LogP contribution in [0.1, 0.15) is 19.3 Å². The van der Waals surface area contributed by atoms with E-state index in [0.717, 1.165) is 19.3 Å². The Kier molecular flexibility index (Phi) is 3.38. The quantitative estimate of drug-likeness (QED) is 0.550. The molecular weight excluding hydrogens is 234 g/mol. The third kappa shape index (κ3) is 2.70. The van der Waals surface area contributed by atoms with Crippen molar-refractivity contribution < 1.29 is 10.0 Å². The van der Waals surface area contributed by atoms with Gasteiger partial charge in [0.1, 0.15) is 0 Å². The predicted molar refractivity (Wildman–Crippen MR) is 69.9 cm³/mol. The molecule has 0 bridgehead atoms. The standard InChI is InChI=1S/C12H17N3O3/c1-13-9-5-10(7-11(6-9)15(17)18)14-8-12(16)3-2-4-12/h5-7,13-14,16H,2-4,8H2,1H3. The van der Waals surface area contributed by atoms with Crippen LogP contribution in [-0.4, -0.2) is 29.2 Å². The fourth-order valence-electron chi connectivity index (χ4n) is 1.99. The van der Waals surface area contributed by atoms with Crippen molar-refractivity contribution in [3.05, 3.63) is 28.3 Å². The predicted octanol–water partition coefficient (Wildman–Crippen LogP) is 1.96. The van der Waals surface area contributed by atoms with E-state index in [1.54, 1.807) is 13.1 Å². The molecule has 0 aromatic heterocycles. The van der Waals surface area contributed by atoms with Gasteiger partial charge in [0, 0.05) is 37.1 Å². The maximum absolute atomic E-state index is 10.8. The van der Waals surface area contributed by atoms with Crippen molar-refractivity contribution in [3.8, 4) is 0 Å². The SMILES string of the molecule is CNc1cc(NCC2(O)CCC2)cc([N+](=O)[O-])c1. The van der Waals surface area contributed by atoms with Gasteiger partial charge < -0.3 is 15.7 Å². The Morgan fingerprint density at radius 2 is 2.06 bits per heavy atom. The van der Waals surface area contributed by atoms with Gasteiger partial charge in [-0.05, 0) is 25.3 Å². The minimum Gasteiger partial charge on any atom is -0.388 e. The van der Waals surface area contributed by atoms with E-state index in [4.69, 9.17) is 0 Å². The van der Waals surface area contributed by atoms with Crippen LogP contribution in [0.5, 0.6) is 0 Å². The molecule has 0 heterocycles. The average molecular weight is 251 g/mol. The van der Waals surface area contributed by atoms with E-state index in [1.165, 1.54) is 12.1 Å². The molecule has 1 aromatic rings. The molecular formula is C12H17N3O3. The van der Waals surface area contributed by atoms with E-state index in [1.807, 2.05) is 0 Å². The number of rotatable bonds is 5. The first-order chi connectivity index (χ1) is 8.52. The Labute approximate surface area is 105 Å². The minimum atomic E-state index is -0.648. The molecule has 18 heavy (non-hydrogen) atoms. The number of nitrogens with zero attached hydrogens (tertiary/aromatic N) is 1. The third-order valence-electron chi connectivity index (χ3n) is 3.32. The van der Waals surface area contributed by atoms with Crippen molar-refractivity contribution >= 4 is 17.1 Å². The number of anilines is 2. The number of non-ortho nitro benzene ring substituents is 1. The fourth-order valence-corrected chi connectivity index (χ4v) is 1.99. The highest BCUT2D eigenvalue weighted by atomic mass is 16.6. The van der Waals surface area contributed by atoms with E-state index in [-0.39, 0.29) is 5.69 Å². The first kappa shape index (κ1) is 12.6. The third-order valence-corrected chi connectivity index (χ3v) is 3.32. The van der Waals surface area contributed by atoms with Crippen LogP contribution in [0.25, 0.3) is 0 Å². The van der Waals surface area contributed by atoms with Crippen molar-refractivity contribution in [2.75, 3.05) is 24.2 Å². The largest absolute Gasteiger partial charge is 0.388 e. The maximum atomic E-state index is 10.8. The number of hydrogen-bond acceptors (Lipinski definition) is 5. The van der Waals surface area contributed by atoms with Crippen LogP contribution >= 0.6 is 0 Å². The lowest BCUT2D eigenvalue weighted by atomic mass is 9.80. The molecule has 6 nitrogen and oxygen atoms in total. The number of benzene rings is 1. The minimum absolute atomic E-state index is 0.0324. The molecule has 0 radical (unpaired) electrons. The second kappa shape index (κ2) is 4.81. The highest BCUT2D eigenvalue weighted by Crippen LogP contribution is 2.32. The molecule has 0 aliphatic heterocycles. The first-order valence-electron chi connectivity index (χ1n) is 5.96. The average Bonchev–Trinajstić information content (AvgIpc) is 2.33. The van der Waals surface area contributed by atoms with Crippen LogP contribution in [0, 0.1) is 10.1 Å². The topological polar surface area (TPSA) is 87.4 Å². The van der Waals surface area contributed by atoms with Crippen LogP contribution in [0.2, 0.25) is 0 Å². The smallest absolute Gasteiger partial charge is 0.273 e. The second-order valence-electron chi connectivity index (χ2n) is 4.71. The van der Waals surface area contributed by atoms with Crippen molar-refractivity contribution in [3.63, 3.8) is 0 Å². The van der Waals surface area contributed by atoms with Crippen LogP contribution in [-0.2, 0) is 0 Å². The molecule has 1 aliphatic carbocycles. The summed E-state index contributed by atoms with van der Waals surface area (Å²) in [5, 5.41) is 26.7. The second-order valence-corrected chi connectivity index (χ2v) is 4.71. The maximum Gasteiger partial charge on any atom is 0.273 e. The molecule has 2 rings (SSSR count). The van der Waals surface area contributed by atoms with Gasteiger partial charge in [-0.25, -0.2) is 0 Å². The summed E-state index contributed by atoms with van der Waals surface area (Å²) < 4.78 is 0. The van der Waals surface area contributed by atoms with Gasteiger partial charge in [0.05, 0.1) is 10.5 Å². The zero-order valence-corrected chi connectivity index (χ0v) is 10.3. The van der Waals surface area contributed by atoms with E-state index in [9.17, 15) is 15.2 Å². The molecule has 1 aliphatic rings. The first-order valence-corrected chi connectivity index (χ1v) is 5.96. The van der Waals surface area contributed by atoms with Gasteiger partial charge in [0.2, 0.25) is 0 Å². The molecule has 0 saturated heterocycles. The monoisotopic (exact) mass is 251 g/mol.